The second kappa shape index (κ2) is 6.51. The van der Waals surface area contributed by atoms with Gasteiger partial charge < -0.3 is 29.9 Å². The molecular weight excluding hydrogens is 264 g/mol. The van der Waals surface area contributed by atoms with Gasteiger partial charge in [-0.1, -0.05) is 19.1 Å². The zero-order valence-corrected chi connectivity index (χ0v) is 11.2. The molecule has 1 aromatic carbocycles. The van der Waals surface area contributed by atoms with Crippen LogP contribution in [0.15, 0.2) is 24.3 Å². The Morgan fingerprint density at radius 1 is 1.15 bits per heavy atom. The monoisotopic (exact) mass is 284 g/mol. The fourth-order valence-corrected chi connectivity index (χ4v) is 2.14. The second-order valence-electron chi connectivity index (χ2n) is 4.82. The van der Waals surface area contributed by atoms with Crippen molar-refractivity contribution < 1.29 is 29.9 Å². The van der Waals surface area contributed by atoms with Crippen molar-refractivity contribution in [2.24, 2.45) is 0 Å². The molecule has 1 aromatic rings. The van der Waals surface area contributed by atoms with Crippen LogP contribution in [-0.2, 0) is 11.2 Å². The topological polar surface area (TPSA) is 99.4 Å². The van der Waals surface area contributed by atoms with E-state index >= 15 is 0 Å². The van der Waals surface area contributed by atoms with Gasteiger partial charge in [-0.3, -0.25) is 0 Å². The van der Waals surface area contributed by atoms with E-state index < -0.39 is 37.3 Å². The summed E-state index contributed by atoms with van der Waals surface area (Å²) < 4.78 is 10.8. The van der Waals surface area contributed by atoms with E-state index in [-0.39, 0.29) is 0 Å². The first kappa shape index (κ1) is 15.2. The maximum Gasteiger partial charge on any atom is 0.229 e. The Hall–Kier alpha value is -1.18. The van der Waals surface area contributed by atoms with Crippen LogP contribution in [0.5, 0.6) is 5.75 Å². The van der Waals surface area contributed by atoms with E-state index in [0.29, 0.717) is 5.75 Å². The van der Waals surface area contributed by atoms with Gasteiger partial charge in [0.15, 0.2) is 0 Å². The Bertz CT molecular complexity index is 435. The SMILES string of the molecule is CCc1cccc(O[C@H]2O[C@@H](CO)[C@@H](O)[C@@H](O)[C@@H]2O)c1. The summed E-state index contributed by atoms with van der Waals surface area (Å²) in [5.74, 6) is 0.494. The zero-order valence-electron chi connectivity index (χ0n) is 11.2. The number of aryl methyl sites for hydroxylation is 1. The molecule has 0 bridgehead atoms. The van der Waals surface area contributed by atoms with Crippen LogP contribution in [0.1, 0.15) is 12.5 Å². The molecule has 5 atom stereocenters. The van der Waals surface area contributed by atoms with Gasteiger partial charge in [0.1, 0.15) is 30.2 Å². The molecule has 0 amide bonds. The maximum absolute atomic E-state index is 9.87. The molecule has 20 heavy (non-hydrogen) atoms. The van der Waals surface area contributed by atoms with Crippen LogP contribution < -0.4 is 4.74 Å². The van der Waals surface area contributed by atoms with Crippen LogP contribution in [-0.4, -0.2) is 57.7 Å². The van der Waals surface area contributed by atoms with E-state index in [9.17, 15) is 15.3 Å². The molecule has 6 heteroatoms. The first-order chi connectivity index (χ1) is 9.56. The highest BCUT2D eigenvalue weighted by atomic mass is 16.7. The number of ether oxygens (including phenoxy) is 2. The van der Waals surface area contributed by atoms with Gasteiger partial charge in [-0.2, -0.15) is 0 Å². The number of benzene rings is 1. The fraction of sp³-hybridized carbons (Fsp3) is 0.571. The van der Waals surface area contributed by atoms with Gasteiger partial charge in [0.05, 0.1) is 6.61 Å². The van der Waals surface area contributed by atoms with Crippen LogP contribution in [0.4, 0.5) is 0 Å². The first-order valence-electron chi connectivity index (χ1n) is 6.63. The van der Waals surface area contributed by atoms with Crippen molar-refractivity contribution >= 4 is 0 Å². The third-order valence-corrected chi connectivity index (χ3v) is 3.41. The Kier molecular flexibility index (Phi) is 4.95. The third-order valence-electron chi connectivity index (χ3n) is 3.41. The summed E-state index contributed by atoms with van der Waals surface area (Å²) in [5.41, 5.74) is 1.06. The van der Waals surface area contributed by atoms with Crippen molar-refractivity contribution in [2.75, 3.05) is 6.61 Å². The van der Waals surface area contributed by atoms with Gasteiger partial charge in [0.2, 0.25) is 6.29 Å². The second-order valence-corrected chi connectivity index (χ2v) is 4.82. The molecular formula is C14H20O6. The van der Waals surface area contributed by atoms with Crippen molar-refractivity contribution in [1.82, 2.24) is 0 Å². The molecule has 0 spiro atoms. The molecule has 2 rings (SSSR count). The Balaban J connectivity index is 2.10. The van der Waals surface area contributed by atoms with Crippen molar-refractivity contribution in [1.29, 1.82) is 0 Å². The first-order valence-corrected chi connectivity index (χ1v) is 6.63. The highest BCUT2D eigenvalue weighted by Crippen LogP contribution is 2.24. The predicted molar refractivity (Wildman–Crippen MR) is 70.2 cm³/mol. The zero-order chi connectivity index (χ0) is 14.7. The van der Waals surface area contributed by atoms with Crippen molar-refractivity contribution in [2.45, 2.75) is 44.1 Å². The van der Waals surface area contributed by atoms with Gasteiger partial charge in [-0.15, -0.1) is 0 Å². The predicted octanol–water partition coefficient (Wildman–Crippen LogP) is -0.572. The lowest BCUT2D eigenvalue weighted by atomic mass is 9.99. The molecule has 0 radical (unpaired) electrons. The largest absolute Gasteiger partial charge is 0.462 e. The van der Waals surface area contributed by atoms with Gasteiger partial charge in [-0.25, -0.2) is 0 Å². The Morgan fingerprint density at radius 3 is 2.55 bits per heavy atom. The smallest absolute Gasteiger partial charge is 0.229 e. The molecule has 1 aliphatic heterocycles. The number of aliphatic hydroxyl groups is 4. The average Bonchev–Trinajstić information content (AvgIpc) is 2.48. The molecule has 0 saturated carbocycles. The maximum atomic E-state index is 9.87. The van der Waals surface area contributed by atoms with E-state index in [4.69, 9.17) is 14.6 Å². The summed E-state index contributed by atoms with van der Waals surface area (Å²) in [6.07, 6.45) is -5.47. The highest BCUT2D eigenvalue weighted by molar-refractivity contribution is 5.28. The van der Waals surface area contributed by atoms with E-state index in [1.807, 2.05) is 19.1 Å². The van der Waals surface area contributed by atoms with Gasteiger partial charge in [0, 0.05) is 0 Å². The quantitative estimate of drug-likeness (QED) is 0.591. The van der Waals surface area contributed by atoms with E-state index in [0.717, 1.165) is 12.0 Å². The van der Waals surface area contributed by atoms with Gasteiger partial charge >= 0.3 is 0 Å². The van der Waals surface area contributed by atoms with Crippen molar-refractivity contribution in [3.05, 3.63) is 29.8 Å². The van der Waals surface area contributed by atoms with Gasteiger partial charge in [-0.05, 0) is 24.1 Å². The summed E-state index contributed by atoms with van der Waals surface area (Å²) in [6.45, 7) is 1.53. The lowest BCUT2D eigenvalue weighted by Crippen LogP contribution is -2.60. The normalized spacial score (nSPS) is 34.0. The standard InChI is InChI=1S/C14H20O6/c1-2-8-4-3-5-9(6-8)19-14-13(18)12(17)11(16)10(7-15)20-14/h3-6,10-18H,2,7H2,1H3/t10-,11+,12+,13-,14-/m0/s1. The molecule has 1 aliphatic rings. The summed E-state index contributed by atoms with van der Waals surface area (Å²) >= 11 is 0. The molecule has 6 nitrogen and oxygen atoms in total. The lowest BCUT2D eigenvalue weighted by Gasteiger charge is -2.39. The summed E-state index contributed by atoms with van der Waals surface area (Å²) in [7, 11) is 0. The van der Waals surface area contributed by atoms with Crippen LogP contribution in [0.3, 0.4) is 0 Å². The summed E-state index contributed by atoms with van der Waals surface area (Å²) in [4.78, 5) is 0. The molecule has 112 valence electrons. The number of hydrogen-bond acceptors (Lipinski definition) is 6. The fourth-order valence-electron chi connectivity index (χ4n) is 2.14. The summed E-state index contributed by atoms with van der Waals surface area (Å²) in [5, 5.41) is 38.3. The molecule has 0 unspecified atom stereocenters. The molecule has 0 aliphatic carbocycles. The van der Waals surface area contributed by atoms with Crippen LogP contribution in [0.2, 0.25) is 0 Å². The van der Waals surface area contributed by atoms with Gasteiger partial charge in [0.25, 0.3) is 0 Å². The van der Waals surface area contributed by atoms with E-state index in [2.05, 4.69) is 0 Å². The van der Waals surface area contributed by atoms with E-state index in [1.165, 1.54) is 0 Å². The van der Waals surface area contributed by atoms with Crippen LogP contribution in [0, 0.1) is 0 Å². The summed E-state index contributed by atoms with van der Waals surface area (Å²) in [6, 6.07) is 7.28. The average molecular weight is 284 g/mol. The number of rotatable bonds is 4. The van der Waals surface area contributed by atoms with Crippen molar-refractivity contribution in [3.63, 3.8) is 0 Å². The molecule has 0 aromatic heterocycles. The lowest BCUT2D eigenvalue weighted by molar-refractivity contribution is -0.277. The van der Waals surface area contributed by atoms with Crippen LogP contribution in [0.25, 0.3) is 0 Å². The molecule has 1 saturated heterocycles. The highest BCUT2D eigenvalue weighted by Gasteiger charge is 2.44. The minimum absolute atomic E-state index is 0.472. The van der Waals surface area contributed by atoms with Crippen LogP contribution >= 0.6 is 0 Å². The third kappa shape index (κ3) is 3.11. The Morgan fingerprint density at radius 2 is 1.90 bits per heavy atom. The molecule has 4 N–H and O–H groups in total. The molecule has 1 heterocycles. The van der Waals surface area contributed by atoms with Crippen molar-refractivity contribution in [3.8, 4) is 5.75 Å². The number of aliphatic hydroxyl groups excluding tert-OH is 4. The Labute approximate surface area is 117 Å². The molecule has 1 fully saturated rings. The minimum atomic E-state index is -1.43. The van der Waals surface area contributed by atoms with E-state index in [1.54, 1.807) is 12.1 Å². The minimum Gasteiger partial charge on any atom is -0.462 e. The number of hydrogen-bond donors (Lipinski definition) is 4.